The first kappa shape index (κ1) is 18.8. The molecule has 0 saturated carbocycles. The van der Waals surface area contributed by atoms with Crippen LogP contribution >= 0.6 is 24.0 Å². The normalized spacial score (nSPS) is 11.3. The summed E-state index contributed by atoms with van der Waals surface area (Å²) in [5.74, 6) is 0.754. The summed E-state index contributed by atoms with van der Waals surface area (Å²) < 4.78 is 0. The number of rotatable bonds is 6. The van der Waals surface area contributed by atoms with Gasteiger partial charge in [0.05, 0.1) is 13.2 Å². The summed E-state index contributed by atoms with van der Waals surface area (Å²) in [7, 11) is 0. The molecule has 122 valence electrons. The number of hydrogen-bond donors (Lipinski definition) is 4. The molecule has 2 rings (SSSR count). The van der Waals surface area contributed by atoms with E-state index in [0.29, 0.717) is 6.54 Å². The van der Waals surface area contributed by atoms with Crippen molar-refractivity contribution >= 4 is 40.8 Å². The van der Waals surface area contributed by atoms with Crippen LogP contribution < -0.4 is 10.6 Å². The molecule has 0 spiro atoms. The van der Waals surface area contributed by atoms with Crippen LogP contribution in [-0.4, -0.2) is 42.3 Å². The third-order valence-electron chi connectivity index (χ3n) is 3.41. The minimum Gasteiger partial charge on any atom is -0.394 e. The largest absolute Gasteiger partial charge is 0.394 e. The molecule has 1 heterocycles. The fraction of sp³-hybridized carbons (Fsp3) is 0.438. The van der Waals surface area contributed by atoms with Crippen LogP contribution in [0.15, 0.2) is 29.3 Å². The smallest absolute Gasteiger partial charge is 0.191 e. The standard InChI is InChI=1S/C16H24N4O.HI/c1-3-17-16(19-10-11-21)18-9-8-13-12(2)20-15-7-5-4-6-14(13)15;/h4-7,20-21H,3,8-11H2,1-2H3,(H2,17,18,19);1H. The molecule has 0 fully saturated rings. The minimum absolute atomic E-state index is 0. The first-order valence-electron chi connectivity index (χ1n) is 7.45. The highest BCUT2D eigenvalue weighted by Gasteiger charge is 2.07. The van der Waals surface area contributed by atoms with Gasteiger partial charge < -0.3 is 20.7 Å². The van der Waals surface area contributed by atoms with Crippen LogP contribution in [-0.2, 0) is 6.42 Å². The summed E-state index contributed by atoms with van der Waals surface area (Å²) in [5.41, 5.74) is 3.75. The lowest BCUT2D eigenvalue weighted by Gasteiger charge is -2.11. The minimum atomic E-state index is 0. The van der Waals surface area contributed by atoms with Crippen molar-refractivity contribution in [2.75, 3.05) is 26.2 Å². The number of nitrogens with one attached hydrogen (secondary N) is 3. The van der Waals surface area contributed by atoms with Gasteiger partial charge in [0.15, 0.2) is 5.96 Å². The maximum absolute atomic E-state index is 8.85. The van der Waals surface area contributed by atoms with Crippen LogP contribution in [0.4, 0.5) is 0 Å². The second-order valence-corrected chi connectivity index (χ2v) is 4.94. The molecule has 4 N–H and O–H groups in total. The van der Waals surface area contributed by atoms with Crippen LogP contribution in [0.1, 0.15) is 18.2 Å². The van der Waals surface area contributed by atoms with E-state index < -0.39 is 0 Å². The second kappa shape index (κ2) is 9.68. The molecule has 0 amide bonds. The molecular weight excluding hydrogens is 391 g/mol. The predicted molar refractivity (Wildman–Crippen MR) is 103 cm³/mol. The molecule has 1 aromatic heterocycles. The summed E-state index contributed by atoms with van der Waals surface area (Å²) in [5, 5.41) is 16.6. The summed E-state index contributed by atoms with van der Waals surface area (Å²) in [4.78, 5) is 7.69. The predicted octanol–water partition coefficient (Wildman–Crippen LogP) is 2.18. The van der Waals surface area contributed by atoms with E-state index in [1.165, 1.54) is 22.2 Å². The molecule has 0 saturated heterocycles. The quantitative estimate of drug-likeness (QED) is 0.332. The Balaban J connectivity index is 0.00000242. The number of aryl methyl sites for hydroxylation is 1. The molecular formula is C16H25IN4O. The van der Waals surface area contributed by atoms with Crippen LogP contribution in [0.25, 0.3) is 10.9 Å². The third-order valence-corrected chi connectivity index (χ3v) is 3.41. The molecule has 2 aromatic rings. The number of aromatic amines is 1. The number of para-hydroxylation sites is 1. The van der Waals surface area contributed by atoms with E-state index in [1.807, 2.05) is 13.0 Å². The van der Waals surface area contributed by atoms with Crippen molar-refractivity contribution in [2.24, 2.45) is 4.99 Å². The summed E-state index contributed by atoms with van der Waals surface area (Å²) in [6.07, 6.45) is 0.930. The van der Waals surface area contributed by atoms with Gasteiger partial charge >= 0.3 is 0 Å². The highest BCUT2D eigenvalue weighted by molar-refractivity contribution is 14.0. The average molecular weight is 416 g/mol. The fourth-order valence-corrected chi connectivity index (χ4v) is 2.47. The number of aromatic nitrogens is 1. The Morgan fingerprint density at radius 3 is 2.77 bits per heavy atom. The Morgan fingerprint density at radius 2 is 2.05 bits per heavy atom. The van der Waals surface area contributed by atoms with E-state index in [1.54, 1.807) is 0 Å². The average Bonchev–Trinajstić information content (AvgIpc) is 2.81. The molecule has 0 bridgehead atoms. The molecule has 0 aliphatic carbocycles. The number of H-pyrrole nitrogens is 1. The van der Waals surface area contributed by atoms with E-state index >= 15 is 0 Å². The molecule has 0 atom stereocenters. The van der Waals surface area contributed by atoms with Crippen LogP contribution in [0, 0.1) is 6.92 Å². The van der Waals surface area contributed by atoms with Gasteiger partial charge in [-0.3, -0.25) is 4.99 Å². The first-order valence-corrected chi connectivity index (χ1v) is 7.45. The van der Waals surface area contributed by atoms with Crippen molar-refractivity contribution in [3.05, 3.63) is 35.5 Å². The number of guanidine groups is 1. The van der Waals surface area contributed by atoms with Gasteiger partial charge in [-0.05, 0) is 31.9 Å². The number of hydrogen-bond acceptors (Lipinski definition) is 2. The Hall–Kier alpha value is -1.28. The van der Waals surface area contributed by atoms with E-state index in [4.69, 9.17) is 5.11 Å². The third kappa shape index (κ3) is 4.88. The van der Waals surface area contributed by atoms with Crippen molar-refractivity contribution < 1.29 is 5.11 Å². The Bertz CT molecular complexity index is 609. The van der Waals surface area contributed by atoms with Gasteiger partial charge in [0.25, 0.3) is 0 Å². The SMILES string of the molecule is CCNC(=NCCO)NCCc1c(C)[nH]c2ccccc12.I. The van der Waals surface area contributed by atoms with Crippen molar-refractivity contribution in [1.82, 2.24) is 15.6 Å². The molecule has 0 aliphatic heterocycles. The number of fused-ring (bicyclic) bond motifs is 1. The zero-order chi connectivity index (χ0) is 15.1. The molecule has 6 heteroatoms. The lowest BCUT2D eigenvalue weighted by atomic mass is 10.1. The number of benzene rings is 1. The number of aliphatic hydroxyl groups is 1. The van der Waals surface area contributed by atoms with Crippen LogP contribution in [0.2, 0.25) is 0 Å². The van der Waals surface area contributed by atoms with Gasteiger partial charge in [-0.25, -0.2) is 0 Å². The molecule has 0 aliphatic rings. The van der Waals surface area contributed by atoms with Gasteiger partial charge in [0, 0.05) is 29.7 Å². The number of halogens is 1. The van der Waals surface area contributed by atoms with E-state index in [0.717, 1.165) is 25.5 Å². The Labute approximate surface area is 148 Å². The van der Waals surface area contributed by atoms with Crippen LogP contribution in [0.5, 0.6) is 0 Å². The summed E-state index contributed by atoms with van der Waals surface area (Å²) in [6, 6.07) is 8.37. The van der Waals surface area contributed by atoms with Crippen molar-refractivity contribution in [1.29, 1.82) is 0 Å². The molecule has 0 radical (unpaired) electrons. The van der Waals surface area contributed by atoms with Gasteiger partial charge in [-0.1, -0.05) is 18.2 Å². The van der Waals surface area contributed by atoms with Gasteiger partial charge in [-0.15, -0.1) is 24.0 Å². The Morgan fingerprint density at radius 1 is 1.27 bits per heavy atom. The van der Waals surface area contributed by atoms with Gasteiger partial charge in [0.1, 0.15) is 0 Å². The Kier molecular flexibility index (Phi) is 8.26. The summed E-state index contributed by atoms with van der Waals surface area (Å²) in [6.45, 7) is 6.24. The number of nitrogens with zero attached hydrogens (tertiary/aromatic N) is 1. The molecule has 1 aromatic carbocycles. The second-order valence-electron chi connectivity index (χ2n) is 4.94. The maximum atomic E-state index is 8.85. The lowest BCUT2D eigenvalue weighted by molar-refractivity contribution is 0.306. The molecule has 22 heavy (non-hydrogen) atoms. The highest BCUT2D eigenvalue weighted by Crippen LogP contribution is 2.21. The topological polar surface area (TPSA) is 72.4 Å². The van der Waals surface area contributed by atoms with Gasteiger partial charge in [-0.2, -0.15) is 0 Å². The maximum Gasteiger partial charge on any atom is 0.191 e. The van der Waals surface area contributed by atoms with Crippen LogP contribution in [0.3, 0.4) is 0 Å². The van der Waals surface area contributed by atoms with Gasteiger partial charge in [0.2, 0.25) is 0 Å². The highest BCUT2D eigenvalue weighted by atomic mass is 127. The van der Waals surface area contributed by atoms with E-state index in [-0.39, 0.29) is 30.6 Å². The molecule has 0 unspecified atom stereocenters. The monoisotopic (exact) mass is 416 g/mol. The van der Waals surface area contributed by atoms with Crippen molar-refractivity contribution in [3.63, 3.8) is 0 Å². The summed E-state index contributed by atoms with van der Waals surface area (Å²) >= 11 is 0. The fourth-order valence-electron chi connectivity index (χ4n) is 2.47. The van der Waals surface area contributed by atoms with Crippen molar-refractivity contribution in [3.8, 4) is 0 Å². The number of aliphatic imine (C=N–C) groups is 1. The van der Waals surface area contributed by atoms with E-state index in [2.05, 4.69) is 45.7 Å². The zero-order valence-corrected chi connectivity index (χ0v) is 15.5. The lowest BCUT2D eigenvalue weighted by Crippen LogP contribution is -2.38. The molecule has 5 nitrogen and oxygen atoms in total. The van der Waals surface area contributed by atoms with Crippen molar-refractivity contribution in [2.45, 2.75) is 20.3 Å². The first-order chi connectivity index (χ1) is 10.3. The zero-order valence-electron chi connectivity index (χ0n) is 13.1. The number of aliphatic hydroxyl groups excluding tert-OH is 1. The van der Waals surface area contributed by atoms with E-state index in [9.17, 15) is 0 Å².